The second-order valence-electron chi connectivity index (χ2n) is 6.64. The molecule has 0 aliphatic carbocycles. The molecule has 0 radical (unpaired) electrons. The molecule has 0 saturated carbocycles. The summed E-state index contributed by atoms with van der Waals surface area (Å²) in [6.07, 6.45) is 1.79. The fourth-order valence-corrected chi connectivity index (χ4v) is 2.61. The first-order chi connectivity index (χ1) is 9.89. The van der Waals surface area contributed by atoms with Crippen LogP contribution in [0.4, 0.5) is 4.79 Å². The number of hydrogen-bond donors (Lipinski definition) is 1. The molecule has 21 heavy (non-hydrogen) atoms. The molecule has 0 fully saturated rings. The molecule has 0 atom stereocenters. The Labute approximate surface area is 127 Å². The van der Waals surface area contributed by atoms with Gasteiger partial charge in [0.15, 0.2) is 0 Å². The number of aryl methyl sites for hydroxylation is 1. The van der Waals surface area contributed by atoms with Crippen LogP contribution in [0.3, 0.4) is 0 Å². The number of carbonyl (C=O) groups is 1. The third kappa shape index (κ3) is 4.46. The zero-order valence-corrected chi connectivity index (χ0v) is 13.5. The molecule has 4 nitrogen and oxygen atoms in total. The Morgan fingerprint density at radius 2 is 2.10 bits per heavy atom. The van der Waals surface area contributed by atoms with Crippen LogP contribution in [0.2, 0.25) is 0 Å². The van der Waals surface area contributed by atoms with Gasteiger partial charge in [0.25, 0.3) is 0 Å². The van der Waals surface area contributed by atoms with Gasteiger partial charge in [0.05, 0.1) is 0 Å². The number of amides is 1. The van der Waals surface area contributed by atoms with Crippen molar-refractivity contribution in [2.24, 2.45) is 0 Å². The normalized spacial score (nSPS) is 15.3. The maximum Gasteiger partial charge on any atom is 0.410 e. The Morgan fingerprint density at radius 1 is 1.33 bits per heavy atom. The highest BCUT2D eigenvalue weighted by Gasteiger charge is 2.24. The number of nitrogens with one attached hydrogen (secondary N) is 1. The standard InChI is InChI=1S/C17H26N2O2/c1-17(2,3)21-16(20)19-9-5-6-14-10-13(11-18-4)7-8-15(14)12-19/h7-8,10,18H,5-6,9,11-12H2,1-4H3. The third-order valence-electron chi connectivity index (χ3n) is 3.54. The Morgan fingerprint density at radius 3 is 2.76 bits per heavy atom. The Bertz CT molecular complexity index is 506. The van der Waals surface area contributed by atoms with Crippen LogP contribution in [0.15, 0.2) is 18.2 Å². The van der Waals surface area contributed by atoms with Crippen molar-refractivity contribution in [2.75, 3.05) is 13.6 Å². The first kappa shape index (κ1) is 15.8. The van der Waals surface area contributed by atoms with Crippen molar-refractivity contribution in [2.45, 2.75) is 52.3 Å². The summed E-state index contributed by atoms with van der Waals surface area (Å²) < 4.78 is 5.49. The molecule has 1 aromatic rings. The van der Waals surface area contributed by atoms with Crippen LogP contribution in [-0.4, -0.2) is 30.2 Å². The number of benzene rings is 1. The zero-order valence-electron chi connectivity index (χ0n) is 13.5. The largest absolute Gasteiger partial charge is 0.444 e. The molecule has 116 valence electrons. The summed E-state index contributed by atoms with van der Waals surface area (Å²) in [5, 5.41) is 3.17. The zero-order chi connectivity index (χ0) is 15.5. The van der Waals surface area contributed by atoms with Gasteiger partial charge in [-0.05, 0) is 57.4 Å². The van der Waals surface area contributed by atoms with E-state index in [2.05, 4.69) is 23.5 Å². The highest BCUT2D eigenvalue weighted by Crippen LogP contribution is 2.22. The van der Waals surface area contributed by atoms with Gasteiger partial charge < -0.3 is 15.0 Å². The lowest BCUT2D eigenvalue weighted by Gasteiger charge is -2.26. The van der Waals surface area contributed by atoms with E-state index in [0.29, 0.717) is 6.54 Å². The molecule has 1 N–H and O–H groups in total. The van der Waals surface area contributed by atoms with Gasteiger partial charge in [0.2, 0.25) is 0 Å². The van der Waals surface area contributed by atoms with Crippen LogP contribution >= 0.6 is 0 Å². The van der Waals surface area contributed by atoms with E-state index in [9.17, 15) is 4.79 Å². The highest BCUT2D eigenvalue weighted by atomic mass is 16.6. The van der Waals surface area contributed by atoms with E-state index < -0.39 is 5.60 Å². The summed E-state index contributed by atoms with van der Waals surface area (Å²) in [6, 6.07) is 6.53. The summed E-state index contributed by atoms with van der Waals surface area (Å²) in [5.41, 5.74) is 3.44. The minimum atomic E-state index is -0.442. The lowest BCUT2D eigenvalue weighted by atomic mass is 10.0. The fraction of sp³-hybridized carbons (Fsp3) is 0.588. The van der Waals surface area contributed by atoms with Crippen LogP contribution in [0.5, 0.6) is 0 Å². The quantitative estimate of drug-likeness (QED) is 0.910. The van der Waals surface area contributed by atoms with Crippen molar-refractivity contribution in [3.05, 3.63) is 34.9 Å². The highest BCUT2D eigenvalue weighted by molar-refractivity contribution is 5.68. The first-order valence-electron chi connectivity index (χ1n) is 7.62. The molecule has 1 amide bonds. The molecule has 1 aliphatic rings. The Hall–Kier alpha value is -1.55. The minimum Gasteiger partial charge on any atom is -0.444 e. The number of carbonyl (C=O) groups excluding carboxylic acids is 1. The van der Waals surface area contributed by atoms with Crippen molar-refractivity contribution < 1.29 is 9.53 Å². The Balaban J connectivity index is 2.12. The summed E-state index contributed by atoms with van der Waals surface area (Å²) in [7, 11) is 1.95. The SMILES string of the molecule is CNCc1ccc2c(c1)CCCN(C(=O)OC(C)(C)C)C2. The molecule has 0 unspecified atom stereocenters. The molecular weight excluding hydrogens is 264 g/mol. The second-order valence-corrected chi connectivity index (χ2v) is 6.64. The molecule has 1 aromatic carbocycles. The van der Waals surface area contributed by atoms with E-state index in [4.69, 9.17) is 4.74 Å². The average Bonchev–Trinajstić information content (AvgIpc) is 2.59. The number of ether oxygens (including phenoxy) is 1. The summed E-state index contributed by atoms with van der Waals surface area (Å²) >= 11 is 0. The van der Waals surface area contributed by atoms with E-state index in [-0.39, 0.29) is 6.09 Å². The van der Waals surface area contributed by atoms with Gasteiger partial charge in [-0.3, -0.25) is 0 Å². The van der Waals surface area contributed by atoms with E-state index in [1.807, 2.05) is 32.7 Å². The molecule has 4 heteroatoms. The van der Waals surface area contributed by atoms with Gasteiger partial charge in [0, 0.05) is 19.6 Å². The van der Waals surface area contributed by atoms with E-state index >= 15 is 0 Å². The molecule has 0 aromatic heterocycles. The van der Waals surface area contributed by atoms with E-state index in [0.717, 1.165) is 25.9 Å². The molecule has 0 saturated heterocycles. The van der Waals surface area contributed by atoms with Crippen molar-refractivity contribution in [3.8, 4) is 0 Å². The van der Waals surface area contributed by atoms with Crippen molar-refractivity contribution in [3.63, 3.8) is 0 Å². The number of rotatable bonds is 2. The average molecular weight is 290 g/mol. The van der Waals surface area contributed by atoms with Gasteiger partial charge in [-0.2, -0.15) is 0 Å². The molecule has 0 spiro atoms. The van der Waals surface area contributed by atoms with Gasteiger partial charge in [-0.1, -0.05) is 18.2 Å². The Kier molecular flexibility index (Phi) is 4.88. The topological polar surface area (TPSA) is 41.6 Å². The number of nitrogens with zero attached hydrogens (tertiary/aromatic N) is 1. The van der Waals surface area contributed by atoms with Crippen LogP contribution in [0, 0.1) is 0 Å². The van der Waals surface area contributed by atoms with Crippen LogP contribution in [0.25, 0.3) is 0 Å². The van der Waals surface area contributed by atoms with E-state index in [1.54, 1.807) is 0 Å². The summed E-state index contributed by atoms with van der Waals surface area (Å²) in [5.74, 6) is 0. The number of fused-ring (bicyclic) bond motifs is 1. The van der Waals surface area contributed by atoms with Crippen LogP contribution < -0.4 is 5.32 Å². The smallest absolute Gasteiger partial charge is 0.410 e. The van der Waals surface area contributed by atoms with Gasteiger partial charge in [-0.15, -0.1) is 0 Å². The maximum absolute atomic E-state index is 12.2. The lowest BCUT2D eigenvalue weighted by molar-refractivity contribution is 0.0237. The molecule has 1 heterocycles. The van der Waals surface area contributed by atoms with Gasteiger partial charge in [0.1, 0.15) is 5.60 Å². The van der Waals surface area contributed by atoms with Crippen molar-refractivity contribution >= 4 is 6.09 Å². The molecule has 0 bridgehead atoms. The predicted molar refractivity (Wildman–Crippen MR) is 84.2 cm³/mol. The molecule has 1 aliphatic heterocycles. The molecule has 2 rings (SSSR count). The van der Waals surface area contributed by atoms with Crippen LogP contribution in [0.1, 0.15) is 43.9 Å². The lowest BCUT2D eigenvalue weighted by Crippen LogP contribution is -2.36. The predicted octanol–water partition coefficient (Wildman–Crippen LogP) is 3.09. The third-order valence-corrected chi connectivity index (χ3v) is 3.54. The van der Waals surface area contributed by atoms with Crippen molar-refractivity contribution in [1.29, 1.82) is 0 Å². The molecular formula is C17H26N2O2. The minimum absolute atomic E-state index is 0.213. The first-order valence-corrected chi connectivity index (χ1v) is 7.62. The maximum atomic E-state index is 12.2. The fourth-order valence-electron chi connectivity index (χ4n) is 2.61. The summed E-state index contributed by atoms with van der Waals surface area (Å²) in [6.45, 7) is 7.99. The number of hydrogen-bond acceptors (Lipinski definition) is 3. The van der Waals surface area contributed by atoms with Gasteiger partial charge >= 0.3 is 6.09 Å². The second kappa shape index (κ2) is 6.48. The van der Waals surface area contributed by atoms with Gasteiger partial charge in [-0.25, -0.2) is 4.79 Å². The van der Waals surface area contributed by atoms with E-state index in [1.165, 1.54) is 16.7 Å². The summed E-state index contributed by atoms with van der Waals surface area (Å²) in [4.78, 5) is 14.1. The van der Waals surface area contributed by atoms with Crippen LogP contribution in [-0.2, 0) is 24.2 Å². The monoisotopic (exact) mass is 290 g/mol. The van der Waals surface area contributed by atoms with Crippen molar-refractivity contribution in [1.82, 2.24) is 10.2 Å².